The van der Waals surface area contributed by atoms with Gasteiger partial charge in [-0.25, -0.2) is 0 Å². The number of aryl methyl sites for hydroxylation is 2. The molecular formula is C11H18N4O. The minimum Gasteiger partial charge on any atom is -0.325 e. The first-order chi connectivity index (χ1) is 7.50. The first kappa shape index (κ1) is 11.1. The zero-order valence-electron chi connectivity index (χ0n) is 9.76. The predicted molar refractivity (Wildman–Crippen MR) is 62.1 cm³/mol. The maximum atomic E-state index is 11.8. The molecule has 2 rings (SSSR count). The first-order valence-corrected chi connectivity index (χ1v) is 5.60. The number of carbonyl (C=O) groups excluding carboxylic acids is 1. The van der Waals surface area contributed by atoms with Gasteiger partial charge >= 0.3 is 0 Å². The number of H-pyrrole nitrogens is 1. The van der Waals surface area contributed by atoms with Gasteiger partial charge in [0.1, 0.15) is 0 Å². The monoisotopic (exact) mass is 222 g/mol. The molecule has 0 unspecified atom stereocenters. The zero-order valence-corrected chi connectivity index (χ0v) is 9.76. The van der Waals surface area contributed by atoms with Gasteiger partial charge in [0.25, 0.3) is 0 Å². The lowest BCUT2D eigenvalue weighted by molar-refractivity contribution is -0.118. The molecule has 0 atom stereocenters. The summed E-state index contributed by atoms with van der Waals surface area (Å²) in [5, 5.41) is 9.74. The Morgan fingerprint density at radius 2 is 2.25 bits per heavy atom. The van der Waals surface area contributed by atoms with Crippen molar-refractivity contribution in [2.45, 2.75) is 45.1 Å². The van der Waals surface area contributed by atoms with Gasteiger partial charge in [0, 0.05) is 12.0 Å². The summed E-state index contributed by atoms with van der Waals surface area (Å²) < 4.78 is 0. The minimum absolute atomic E-state index is 0.0187. The fourth-order valence-corrected chi connectivity index (χ4v) is 2.05. The Labute approximate surface area is 94.8 Å². The van der Waals surface area contributed by atoms with E-state index >= 15 is 0 Å². The highest BCUT2D eigenvalue weighted by Gasteiger charge is 2.34. The van der Waals surface area contributed by atoms with Crippen molar-refractivity contribution in [3.8, 4) is 0 Å². The predicted octanol–water partition coefficient (Wildman–Crippen LogP) is 1.24. The molecule has 0 radical (unpaired) electrons. The molecule has 88 valence electrons. The number of rotatable bonds is 3. The van der Waals surface area contributed by atoms with Crippen LogP contribution in [-0.4, -0.2) is 21.6 Å². The second kappa shape index (κ2) is 3.90. The molecule has 4 N–H and O–H groups in total. The Hall–Kier alpha value is -1.36. The summed E-state index contributed by atoms with van der Waals surface area (Å²) in [5.74, 6) is -0.0187. The number of aromatic nitrogens is 2. The van der Waals surface area contributed by atoms with Crippen LogP contribution in [0.1, 0.15) is 37.1 Å². The van der Waals surface area contributed by atoms with Crippen molar-refractivity contribution in [1.29, 1.82) is 0 Å². The molecule has 5 nitrogen and oxygen atoms in total. The van der Waals surface area contributed by atoms with E-state index in [0.717, 1.165) is 36.3 Å². The number of aromatic amines is 1. The average molecular weight is 222 g/mol. The van der Waals surface area contributed by atoms with Crippen LogP contribution in [0.2, 0.25) is 0 Å². The standard InChI is InChI=1S/C11H18N4O/c1-7-10(8(2)15-14-7)13-9(16)6-11(12)4-3-5-11/h3-6,12H2,1-2H3,(H,13,16)(H,14,15). The summed E-state index contributed by atoms with van der Waals surface area (Å²) in [6.07, 6.45) is 3.43. The summed E-state index contributed by atoms with van der Waals surface area (Å²) in [5.41, 5.74) is 8.23. The number of nitrogens with zero attached hydrogens (tertiary/aromatic N) is 1. The second-order valence-corrected chi connectivity index (χ2v) is 4.75. The Morgan fingerprint density at radius 3 is 2.69 bits per heavy atom. The van der Waals surface area contributed by atoms with Gasteiger partial charge in [0.05, 0.1) is 17.1 Å². The highest BCUT2D eigenvalue weighted by atomic mass is 16.1. The lowest BCUT2D eigenvalue weighted by atomic mass is 9.75. The van der Waals surface area contributed by atoms with Crippen molar-refractivity contribution in [3.05, 3.63) is 11.4 Å². The van der Waals surface area contributed by atoms with Crippen molar-refractivity contribution < 1.29 is 4.79 Å². The average Bonchev–Trinajstić information content (AvgIpc) is 2.47. The molecule has 1 fully saturated rings. The third-order valence-electron chi connectivity index (χ3n) is 3.25. The Kier molecular flexibility index (Phi) is 2.71. The van der Waals surface area contributed by atoms with E-state index in [1.54, 1.807) is 0 Å². The third-order valence-corrected chi connectivity index (χ3v) is 3.25. The number of carbonyl (C=O) groups is 1. The van der Waals surface area contributed by atoms with Crippen molar-refractivity contribution in [1.82, 2.24) is 10.2 Å². The molecule has 0 bridgehead atoms. The van der Waals surface area contributed by atoms with Crippen LogP contribution in [0.4, 0.5) is 5.69 Å². The van der Waals surface area contributed by atoms with Crippen LogP contribution >= 0.6 is 0 Å². The highest BCUT2D eigenvalue weighted by Crippen LogP contribution is 2.32. The van der Waals surface area contributed by atoms with Crippen LogP contribution in [0.5, 0.6) is 0 Å². The molecule has 1 heterocycles. The van der Waals surface area contributed by atoms with Crippen LogP contribution in [0.15, 0.2) is 0 Å². The molecule has 1 saturated carbocycles. The molecular weight excluding hydrogens is 204 g/mol. The summed E-state index contributed by atoms with van der Waals surface area (Å²) in [7, 11) is 0. The van der Waals surface area contributed by atoms with Gasteiger partial charge in [0.2, 0.25) is 5.91 Å². The second-order valence-electron chi connectivity index (χ2n) is 4.75. The molecule has 16 heavy (non-hydrogen) atoms. The van der Waals surface area contributed by atoms with Gasteiger partial charge in [-0.2, -0.15) is 5.10 Å². The van der Waals surface area contributed by atoms with Crippen molar-refractivity contribution >= 4 is 11.6 Å². The van der Waals surface area contributed by atoms with E-state index in [1.807, 2.05) is 13.8 Å². The van der Waals surface area contributed by atoms with Crippen LogP contribution in [0, 0.1) is 13.8 Å². The Morgan fingerprint density at radius 1 is 1.56 bits per heavy atom. The minimum atomic E-state index is -0.268. The maximum Gasteiger partial charge on any atom is 0.226 e. The van der Waals surface area contributed by atoms with Gasteiger partial charge in [-0.3, -0.25) is 9.89 Å². The van der Waals surface area contributed by atoms with E-state index < -0.39 is 0 Å². The number of anilines is 1. The van der Waals surface area contributed by atoms with E-state index in [-0.39, 0.29) is 11.4 Å². The zero-order chi connectivity index (χ0) is 11.8. The largest absolute Gasteiger partial charge is 0.325 e. The molecule has 1 aromatic heterocycles. The number of nitrogens with one attached hydrogen (secondary N) is 2. The van der Waals surface area contributed by atoms with E-state index in [9.17, 15) is 4.79 Å². The van der Waals surface area contributed by atoms with Crippen molar-refractivity contribution in [2.24, 2.45) is 5.73 Å². The Bertz CT molecular complexity index is 387. The highest BCUT2D eigenvalue weighted by molar-refractivity contribution is 5.92. The lowest BCUT2D eigenvalue weighted by Crippen LogP contribution is -2.49. The van der Waals surface area contributed by atoms with Gasteiger partial charge in [-0.05, 0) is 33.1 Å². The number of hydrogen-bond acceptors (Lipinski definition) is 3. The van der Waals surface area contributed by atoms with Crippen molar-refractivity contribution in [2.75, 3.05) is 5.32 Å². The number of nitrogens with two attached hydrogens (primary N) is 1. The van der Waals surface area contributed by atoms with E-state index in [2.05, 4.69) is 15.5 Å². The van der Waals surface area contributed by atoms with E-state index in [0.29, 0.717) is 6.42 Å². The third kappa shape index (κ3) is 2.09. The molecule has 1 amide bonds. The topological polar surface area (TPSA) is 83.8 Å². The van der Waals surface area contributed by atoms with Gasteiger partial charge in [-0.15, -0.1) is 0 Å². The van der Waals surface area contributed by atoms with Crippen LogP contribution in [0.3, 0.4) is 0 Å². The number of amides is 1. The van der Waals surface area contributed by atoms with E-state index in [1.165, 1.54) is 0 Å². The van der Waals surface area contributed by atoms with Gasteiger partial charge in [0.15, 0.2) is 0 Å². The van der Waals surface area contributed by atoms with Crippen LogP contribution in [-0.2, 0) is 4.79 Å². The summed E-state index contributed by atoms with van der Waals surface area (Å²) >= 11 is 0. The first-order valence-electron chi connectivity index (χ1n) is 5.60. The van der Waals surface area contributed by atoms with Gasteiger partial charge in [-0.1, -0.05) is 0 Å². The quantitative estimate of drug-likeness (QED) is 0.719. The molecule has 5 heteroatoms. The molecule has 0 spiro atoms. The molecule has 0 saturated heterocycles. The summed E-state index contributed by atoms with van der Waals surface area (Å²) in [4.78, 5) is 11.8. The molecule has 1 aliphatic rings. The molecule has 0 aliphatic heterocycles. The van der Waals surface area contributed by atoms with Crippen LogP contribution in [0.25, 0.3) is 0 Å². The normalized spacial score (nSPS) is 17.9. The lowest BCUT2D eigenvalue weighted by Gasteiger charge is -2.37. The van der Waals surface area contributed by atoms with Crippen molar-refractivity contribution in [3.63, 3.8) is 0 Å². The smallest absolute Gasteiger partial charge is 0.226 e. The Balaban J connectivity index is 1.97. The number of hydrogen-bond donors (Lipinski definition) is 3. The molecule has 1 aromatic rings. The SMILES string of the molecule is Cc1n[nH]c(C)c1NC(=O)CC1(N)CCC1. The van der Waals surface area contributed by atoms with Gasteiger partial charge < -0.3 is 11.1 Å². The molecule has 1 aliphatic carbocycles. The van der Waals surface area contributed by atoms with Crippen LogP contribution < -0.4 is 11.1 Å². The fraction of sp³-hybridized carbons (Fsp3) is 0.636. The maximum absolute atomic E-state index is 11.8. The fourth-order valence-electron chi connectivity index (χ4n) is 2.05. The summed E-state index contributed by atoms with van der Waals surface area (Å²) in [6, 6.07) is 0. The van der Waals surface area contributed by atoms with E-state index in [4.69, 9.17) is 5.73 Å². The summed E-state index contributed by atoms with van der Waals surface area (Å²) in [6.45, 7) is 3.75. The molecule has 0 aromatic carbocycles.